The summed E-state index contributed by atoms with van der Waals surface area (Å²) in [5.74, 6) is 1.49. The molecule has 0 bridgehead atoms. The van der Waals surface area contributed by atoms with Gasteiger partial charge in [0.15, 0.2) is 17.1 Å². The topological polar surface area (TPSA) is 70.1 Å². The number of benzene rings is 1. The van der Waals surface area contributed by atoms with E-state index < -0.39 is 0 Å². The molecule has 0 unspecified atom stereocenters. The van der Waals surface area contributed by atoms with Gasteiger partial charge in [0.25, 0.3) is 0 Å². The molecule has 5 aromatic rings. The molecular weight excluding hydrogens is 364 g/mol. The maximum atomic E-state index is 5.57. The maximum absolute atomic E-state index is 5.57. The molecule has 4 aromatic heterocycles. The van der Waals surface area contributed by atoms with Gasteiger partial charge in [-0.1, -0.05) is 0 Å². The van der Waals surface area contributed by atoms with Gasteiger partial charge in [0.2, 0.25) is 0 Å². The normalized spacial score (nSPS) is 11.4. The van der Waals surface area contributed by atoms with Gasteiger partial charge < -0.3 is 4.74 Å². The summed E-state index contributed by atoms with van der Waals surface area (Å²) < 4.78 is 9.46. The second-order valence-electron chi connectivity index (χ2n) is 6.86. The second-order valence-corrected chi connectivity index (χ2v) is 6.86. The van der Waals surface area contributed by atoms with Crippen LogP contribution >= 0.6 is 0 Å². The standard InChI is InChI=1S/C22H20N6O/c1-4-29-18-9-7-17(8-10-18)28-15(3)14(2)19-21(28)24-13-27-22(19)25-20(26-27)16-6-5-11-23-12-16/h5-13H,4H2,1-3H3. The number of fused-ring (bicyclic) bond motifs is 3. The Morgan fingerprint density at radius 2 is 1.86 bits per heavy atom. The Bertz CT molecular complexity index is 1320. The smallest absolute Gasteiger partial charge is 0.183 e. The summed E-state index contributed by atoms with van der Waals surface area (Å²) in [5, 5.41) is 5.60. The predicted octanol–water partition coefficient (Wildman–Crippen LogP) is 4.15. The van der Waals surface area contributed by atoms with E-state index in [0.29, 0.717) is 12.4 Å². The monoisotopic (exact) mass is 384 g/mol. The molecule has 0 aliphatic carbocycles. The lowest BCUT2D eigenvalue weighted by Crippen LogP contribution is -1.99. The zero-order valence-electron chi connectivity index (χ0n) is 16.5. The fourth-order valence-electron chi connectivity index (χ4n) is 3.65. The van der Waals surface area contributed by atoms with Crippen molar-refractivity contribution in [3.63, 3.8) is 0 Å². The summed E-state index contributed by atoms with van der Waals surface area (Å²) in [5.41, 5.74) is 5.83. The molecule has 0 saturated heterocycles. The Hall–Kier alpha value is -3.74. The van der Waals surface area contributed by atoms with Crippen molar-refractivity contribution in [2.24, 2.45) is 0 Å². The average molecular weight is 384 g/mol. The molecule has 0 N–H and O–H groups in total. The van der Waals surface area contributed by atoms with E-state index in [1.807, 2.05) is 43.3 Å². The van der Waals surface area contributed by atoms with Crippen molar-refractivity contribution in [3.05, 3.63) is 66.4 Å². The number of aromatic nitrogens is 6. The first-order valence-electron chi connectivity index (χ1n) is 9.54. The van der Waals surface area contributed by atoms with Crippen molar-refractivity contribution >= 4 is 16.7 Å². The Labute approximate surface area is 167 Å². The van der Waals surface area contributed by atoms with Gasteiger partial charge in [-0.3, -0.25) is 9.55 Å². The number of ether oxygens (including phenoxy) is 1. The van der Waals surface area contributed by atoms with E-state index in [-0.39, 0.29) is 0 Å². The minimum absolute atomic E-state index is 0.637. The highest BCUT2D eigenvalue weighted by Crippen LogP contribution is 2.31. The lowest BCUT2D eigenvalue weighted by Gasteiger charge is -2.09. The van der Waals surface area contributed by atoms with Crippen molar-refractivity contribution < 1.29 is 4.74 Å². The van der Waals surface area contributed by atoms with Gasteiger partial charge in [0.05, 0.1) is 12.0 Å². The van der Waals surface area contributed by atoms with Crippen molar-refractivity contribution in [2.75, 3.05) is 6.61 Å². The zero-order chi connectivity index (χ0) is 20.0. The van der Waals surface area contributed by atoms with Gasteiger partial charge >= 0.3 is 0 Å². The highest BCUT2D eigenvalue weighted by atomic mass is 16.5. The molecule has 0 aliphatic heterocycles. The van der Waals surface area contributed by atoms with E-state index in [9.17, 15) is 0 Å². The van der Waals surface area contributed by atoms with E-state index in [1.165, 1.54) is 0 Å². The summed E-state index contributed by atoms with van der Waals surface area (Å²) in [6.07, 6.45) is 5.22. The fourth-order valence-corrected chi connectivity index (χ4v) is 3.65. The molecule has 0 amide bonds. The second kappa shape index (κ2) is 6.70. The summed E-state index contributed by atoms with van der Waals surface area (Å²) in [6.45, 7) is 6.83. The van der Waals surface area contributed by atoms with Crippen LogP contribution in [0.5, 0.6) is 5.75 Å². The number of aryl methyl sites for hydroxylation is 1. The van der Waals surface area contributed by atoms with Crippen molar-refractivity contribution in [1.82, 2.24) is 29.1 Å². The number of hydrogen-bond donors (Lipinski definition) is 0. The van der Waals surface area contributed by atoms with E-state index in [0.717, 1.165) is 44.9 Å². The van der Waals surface area contributed by atoms with E-state index in [2.05, 4.69) is 28.5 Å². The summed E-state index contributed by atoms with van der Waals surface area (Å²) in [4.78, 5) is 13.7. The number of rotatable bonds is 4. The summed E-state index contributed by atoms with van der Waals surface area (Å²) in [6, 6.07) is 11.9. The lowest BCUT2D eigenvalue weighted by molar-refractivity contribution is 0.340. The molecule has 0 spiro atoms. The molecular formula is C22H20N6O. The molecule has 7 heteroatoms. The number of pyridine rings is 1. The lowest BCUT2D eigenvalue weighted by atomic mass is 10.2. The average Bonchev–Trinajstić information content (AvgIpc) is 3.29. The summed E-state index contributed by atoms with van der Waals surface area (Å²) in [7, 11) is 0. The third-order valence-corrected chi connectivity index (χ3v) is 5.16. The maximum Gasteiger partial charge on any atom is 0.183 e. The third-order valence-electron chi connectivity index (χ3n) is 5.16. The molecule has 144 valence electrons. The molecule has 7 nitrogen and oxygen atoms in total. The quantitative estimate of drug-likeness (QED) is 0.466. The SMILES string of the molecule is CCOc1ccc(-n2c(C)c(C)c3c2ncn2nc(-c4cccnc4)nc32)cc1. The van der Waals surface area contributed by atoms with E-state index >= 15 is 0 Å². The zero-order valence-corrected chi connectivity index (χ0v) is 16.5. The van der Waals surface area contributed by atoms with Gasteiger partial charge in [-0.15, -0.1) is 5.10 Å². The highest BCUT2D eigenvalue weighted by molar-refractivity contribution is 5.95. The van der Waals surface area contributed by atoms with E-state index in [1.54, 1.807) is 23.2 Å². The molecule has 0 atom stereocenters. The van der Waals surface area contributed by atoms with Gasteiger partial charge in [-0.25, -0.2) is 14.5 Å². The van der Waals surface area contributed by atoms with Crippen LogP contribution in [0.15, 0.2) is 55.1 Å². The summed E-state index contributed by atoms with van der Waals surface area (Å²) >= 11 is 0. The minimum atomic E-state index is 0.637. The van der Waals surface area contributed by atoms with Crippen molar-refractivity contribution in [3.8, 4) is 22.8 Å². The van der Waals surface area contributed by atoms with Gasteiger partial charge in [-0.05, 0) is 62.7 Å². The number of nitrogens with zero attached hydrogens (tertiary/aromatic N) is 6. The van der Waals surface area contributed by atoms with Crippen LogP contribution < -0.4 is 4.74 Å². The first kappa shape index (κ1) is 17.4. The van der Waals surface area contributed by atoms with Crippen LogP contribution in [0.25, 0.3) is 33.8 Å². The molecule has 0 aliphatic rings. The van der Waals surface area contributed by atoms with Crippen LogP contribution in [0.4, 0.5) is 0 Å². The molecule has 29 heavy (non-hydrogen) atoms. The molecule has 1 aromatic carbocycles. The van der Waals surface area contributed by atoms with Gasteiger partial charge in [-0.2, -0.15) is 0 Å². The number of hydrogen-bond acceptors (Lipinski definition) is 5. The van der Waals surface area contributed by atoms with Crippen molar-refractivity contribution in [1.29, 1.82) is 0 Å². The third kappa shape index (κ3) is 2.74. The Morgan fingerprint density at radius 1 is 1.03 bits per heavy atom. The Kier molecular flexibility index (Phi) is 4.01. The molecule has 0 radical (unpaired) electrons. The van der Waals surface area contributed by atoms with Crippen LogP contribution in [-0.4, -0.2) is 35.7 Å². The van der Waals surface area contributed by atoms with Crippen LogP contribution in [0.1, 0.15) is 18.2 Å². The van der Waals surface area contributed by atoms with Gasteiger partial charge in [0.1, 0.15) is 12.1 Å². The van der Waals surface area contributed by atoms with Crippen LogP contribution in [0, 0.1) is 13.8 Å². The van der Waals surface area contributed by atoms with Crippen LogP contribution in [-0.2, 0) is 0 Å². The van der Waals surface area contributed by atoms with Crippen molar-refractivity contribution in [2.45, 2.75) is 20.8 Å². The largest absolute Gasteiger partial charge is 0.494 e. The molecule has 4 heterocycles. The predicted molar refractivity (Wildman–Crippen MR) is 111 cm³/mol. The first-order valence-corrected chi connectivity index (χ1v) is 9.54. The molecule has 5 rings (SSSR count). The Balaban J connectivity index is 1.72. The van der Waals surface area contributed by atoms with Gasteiger partial charge in [0, 0.05) is 29.3 Å². The fraction of sp³-hybridized carbons (Fsp3) is 0.182. The molecule has 0 fully saturated rings. The van der Waals surface area contributed by atoms with Crippen LogP contribution in [0.3, 0.4) is 0 Å². The Morgan fingerprint density at radius 3 is 2.59 bits per heavy atom. The van der Waals surface area contributed by atoms with Crippen LogP contribution in [0.2, 0.25) is 0 Å². The first-order chi connectivity index (χ1) is 14.2. The highest BCUT2D eigenvalue weighted by Gasteiger charge is 2.19. The minimum Gasteiger partial charge on any atom is -0.494 e. The molecule has 0 saturated carbocycles. The van der Waals surface area contributed by atoms with E-state index in [4.69, 9.17) is 14.7 Å².